The fraction of sp³-hybridized carbons (Fsp3) is 0.0526. The van der Waals surface area contributed by atoms with Crippen molar-refractivity contribution in [2.24, 2.45) is 0 Å². The van der Waals surface area contributed by atoms with Crippen molar-refractivity contribution in [3.63, 3.8) is 0 Å². The van der Waals surface area contributed by atoms with Crippen LogP contribution in [0.4, 0.5) is 0 Å². The molecule has 4 rings (SSSR count). The molecule has 0 fully saturated rings. The number of rotatable bonds is 5. The van der Waals surface area contributed by atoms with Crippen molar-refractivity contribution in [1.29, 1.82) is 0 Å². The molecule has 27 heavy (non-hydrogen) atoms. The van der Waals surface area contributed by atoms with Crippen molar-refractivity contribution in [3.05, 3.63) is 59.1 Å². The Kier molecular flexibility index (Phi) is 4.79. The first-order valence-corrected chi connectivity index (χ1v) is 9.16. The Hall–Kier alpha value is -2.90. The van der Waals surface area contributed by atoms with Crippen LogP contribution < -0.4 is 4.74 Å². The number of carbonyl (C=O) groups is 1. The van der Waals surface area contributed by atoms with E-state index in [1.807, 2.05) is 30.3 Å². The molecule has 0 aliphatic rings. The predicted octanol–water partition coefficient (Wildman–Crippen LogP) is 4.65. The van der Waals surface area contributed by atoms with Gasteiger partial charge in [-0.1, -0.05) is 11.6 Å². The van der Waals surface area contributed by atoms with Crippen LogP contribution in [0.1, 0.15) is 10.4 Å². The van der Waals surface area contributed by atoms with Gasteiger partial charge in [-0.05, 0) is 60.3 Å². The summed E-state index contributed by atoms with van der Waals surface area (Å²) in [6.45, 7) is 0. The highest BCUT2D eigenvalue weighted by atomic mass is 35.5. The van der Waals surface area contributed by atoms with Crippen molar-refractivity contribution in [3.8, 4) is 17.1 Å². The van der Waals surface area contributed by atoms with Crippen molar-refractivity contribution in [2.75, 3.05) is 7.11 Å². The highest BCUT2D eigenvalue weighted by Gasteiger charge is 2.13. The maximum Gasteiger partial charge on any atom is 0.215 e. The summed E-state index contributed by atoms with van der Waals surface area (Å²) in [6.07, 6.45) is 0.779. The summed E-state index contributed by atoms with van der Waals surface area (Å²) in [4.78, 5) is 20.6. The minimum absolute atomic E-state index is 0.471. The summed E-state index contributed by atoms with van der Waals surface area (Å²) < 4.78 is 5.22. The number of aromatic nitrogens is 4. The Morgan fingerprint density at radius 2 is 1.93 bits per heavy atom. The standard InChI is InChI=1S/C19H13ClN4O2S/c1-26-15-6-7-16-12(9-15)8-13(10-25)18(21-16)27-19-22-17(23-24-19)11-2-4-14(20)5-3-11/h2-10H,1H3,(H,22,23,24). The van der Waals surface area contributed by atoms with E-state index >= 15 is 0 Å². The minimum atomic E-state index is 0.471. The van der Waals surface area contributed by atoms with Gasteiger partial charge < -0.3 is 4.74 Å². The summed E-state index contributed by atoms with van der Waals surface area (Å²) in [5.74, 6) is 1.33. The second kappa shape index (κ2) is 7.38. The van der Waals surface area contributed by atoms with Gasteiger partial charge in [0.15, 0.2) is 12.1 Å². The third-order valence-corrected chi connectivity index (χ3v) is 5.05. The van der Waals surface area contributed by atoms with E-state index in [0.29, 0.717) is 32.3 Å². The summed E-state index contributed by atoms with van der Waals surface area (Å²) in [5, 5.41) is 9.61. The van der Waals surface area contributed by atoms with E-state index < -0.39 is 0 Å². The Bertz CT molecular complexity index is 1130. The fourth-order valence-electron chi connectivity index (χ4n) is 2.56. The summed E-state index contributed by atoms with van der Waals surface area (Å²) >= 11 is 7.14. The van der Waals surface area contributed by atoms with E-state index in [-0.39, 0.29) is 0 Å². The molecule has 8 heteroatoms. The van der Waals surface area contributed by atoms with Gasteiger partial charge in [0, 0.05) is 21.5 Å². The lowest BCUT2D eigenvalue weighted by Gasteiger charge is -2.06. The average molecular weight is 397 g/mol. The van der Waals surface area contributed by atoms with E-state index in [2.05, 4.69) is 20.2 Å². The molecule has 0 atom stereocenters. The van der Waals surface area contributed by atoms with Gasteiger partial charge in [0.1, 0.15) is 10.8 Å². The monoisotopic (exact) mass is 396 g/mol. The van der Waals surface area contributed by atoms with Crippen LogP contribution in [0.15, 0.2) is 58.7 Å². The van der Waals surface area contributed by atoms with Crippen LogP contribution in [0, 0.1) is 0 Å². The average Bonchev–Trinajstić information content (AvgIpc) is 3.16. The van der Waals surface area contributed by atoms with Gasteiger partial charge in [-0.2, -0.15) is 0 Å². The topological polar surface area (TPSA) is 80.8 Å². The summed E-state index contributed by atoms with van der Waals surface area (Å²) in [5.41, 5.74) is 2.10. The molecule has 0 amide bonds. The zero-order chi connectivity index (χ0) is 18.8. The van der Waals surface area contributed by atoms with Gasteiger partial charge in [0.25, 0.3) is 0 Å². The summed E-state index contributed by atoms with van der Waals surface area (Å²) in [6, 6.07) is 14.6. The highest BCUT2D eigenvalue weighted by molar-refractivity contribution is 7.99. The fourth-order valence-corrected chi connectivity index (χ4v) is 3.46. The number of pyridine rings is 1. The number of aldehydes is 1. The van der Waals surface area contributed by atoms with Gasteiger partial charge in [-0.3, -0.25) is 9.89 Å². The molecule has 0 saturated heterocycles. The van der Waals surface area contributed by atoms with E-state index in [1.165, 1.54) is 11.8 Å². The zero-order valence-electron chi connectivity index (χ0n) is 14.1. The third kappa shape index (κ3) is 3.65. The number of benzene rings is 2. The maximum atomic E-state index is 11.5. The molecule has 0 aliphatic heterocycles. The zero-order valence-corrected chi connectivity index (χ0v) is 15.7. The maximum absolute atomic E-state index is 11.5. The van der Waals surface area contributed by atoms with Crippen LogP contribution in [0.2, 0.25) is 5.02 Å². The molecule has 0 unspecified atom stereocenters. The smallest absolute Gasteiger partial charge is 0.215 e. The molecule has 134 valence electrons. The number of nitrogens with one attached hydrogen (secondary N) is 1. The number of hydrogen-bond donors (Lipinski definition) is 1. The molecule has 2 heterocycles. The van der Waals surface area contributed by atoms with E-state index in [9.17, 15) is 4.79 Å². The molecule has 0 radical (unpaired) electrons. The molecule has 6 nitrogen and oxygen atoms in total. The van der Waals surface area contributed by atoms with Crippen LogP contribution in [0.5, 0.6) is 5.75 Å². The van der Waals surface area contributed by atoms with E-state index in [1.54, 1.807) is 25.3 Å². The number of methoxy groups -OCH3 is 1. The van der Waals surface area contributed by atoms with Gasteiger partial charge >= 0.3 is 0 Å². The first-order valence-electron chi connectivity index (χ1n) is 7.96. The number of nitrogens with zero attached hydrogens (tertiary/aromatic N) is 3. The Morgan fingerprint density at radius 3 is 2.67 bits per heavy atom. The molecule has 0 spiro atoms. The van der Waals surface area contributed by atoms with Crippen molar-refractivity contribution in [2.45, 2.75) is 10.2 Å². The minimum Gasteiger partial charge on any atom is -0.497 e. The van der Waals surface area contributed by atoms with Crippen LogP contribution in [0.3, 0.4) is 0 Å². The van der Waals surface area contributed by atoms with E-state index in [0.717, 1.165) is 22.8 Å². The predicted molar refractivity (Wildman–Crippen MR) is 105 cm³/mol. The number of aromatic amines is 1. The second-order valence-corrected chi connectivity index (χ2v) is 7.03. The number of hydrogen-bond acceptors (Lipinski definition) is 6. The molecule has 2 aromatic carbocycles. The lowest BCUT2D eigenvalue weighted by Crippen LogP contribution is -1.93. The number of fused-ring (bicyclic) bond motifs is 1. The molecule has 0 bridgehead atoms. The van der Waals surface area contributed by atoms with Crippen LogP contribution in [-0.2, 0) is 0 Å². The van der Waals surface area contributed by atoms with Crippen LogP contribution in [0.25, 0.3) is 22.3 Å². The Labute approximate surface area is 163 Å². The molecule has 2 aromatic heterocycles. The highest BCUT2D eigenvalue weighted by Crippen LogP contribution is 2.30. The lowest BCUT2D eigenvalue weighted by atomic mass is 10.1. The number of halogens is 1. The molecule has 0 saturated carbocycles. The van der Waals surface area contributed by atoms with Gasteiger partial charge in [0.2, 0.25) is 5.16 Å². The van der Waals surface area contributed by atoms with Gasteiger partial charge in [0.05, 0.1) is 12.6 Å². The lowest BCUT2D eigenvalue weighted by molar-refractivity contribution is 0.112. The molecule has 1 N–H and O–H groups in total. The van der Waals surface area contributed by atoms with Crippen molar-refractivity contribution in [1.82, 2.24) is 20.2 Å². The molecule has 0 aliphatic carbocycles. The molecular formula is C19H13ClN4O2S. The SMILES string of the molecule is COc1ccc2nc(Sc3n[nH]c(-c4ccc(Cl)cc4)n3)c(C=O)cc2c1. The number of carbonyl (C=O) groups excluding carboxylic acids is 1. The van der Waals surface area contributed by atoms with Gasteiger partial charge in [-0.15, -0.1) is 5.10 Å². The normalized spacial score (nSPS) is 10.9. The van der Waals surface area contributed by atoms with Crippen molar-refractivity contribution >= 4 is 40.6 Å². The molecular weight excluding hydrogens is 384 g/mol. The molecule has 4 aromatic rings. The van der Waals surface area contributed by atoms with Crippen LogP contribution >= 0.6 is 23.4 Å². The largest absolute Gasteiger partial charge is 0.497 e. The van der Waals surface area contributed by atoms with Crippen LogP contribution in [-0.4, -0.2) is 33.6 Å². The third-order valence-electron chi connectivity index (χ3n) is 3.91. The quantitative estimate of drug-likeness (QED) is 0.495. The second-order valence-electron chi connectivity index (χ2n) is 5.63. The summed E-state index contributed by atoms with van der Waals surface area (Å²) in [7, 11) is 1.60. The van der Waals surface area contributed by atoms with Gasteiger partial charge in [-0.25, -0.2) is 9.97 Å². The van der Waals surface area contributed by atoms with Crippen molar-refractivity contribution < 1.29 is 9.53 Å². The number of H-pyrrole nitrogens is 1. The Balaban J connectivity index is 1.66. The van der Waals surface area contributed by atoms with E-state index in [4.69, 9.17) is 16.3 Å². The number of ether oxygens (including phenoxy) is 1. The Morgan fingerprint density at radius 1 is 1.11 bits per heavy atom. The first kappa shape index (κ1) is 17.5. The first-order chi connectivity index (χ1) is 13.2.